The van der Waals surface area contributed by atoms with E-state index in [1.54, 1.807) is 0 Å². The molecule has 0 aromatic carbocycles. The summed E-state index contributed by atoms with van der Waals surface area (Å²) in [6.07, 6.45) is 1.67. The SMILES string of the molecule is O=C(O)C[C@@H](NC(=O)CCNC(=O)c1ccoc1)C(=O)O. The van der Waals surface area contributed by atoms with Gasteiger partial charge in [-0.3, -0.25) is 14.4 Å². The highest BCUT2D eigenvalue weighted by Gasteiger charge is 2.22. The summed E-state index contributed by atoms with van der Waals surface area (Å²) in [6, 6.07) is -0.0532. The number of hydrogen-bond acceptors (Lipinski definition) is 5. The zero-order valence-electron chi connectivity index (χ0n) is 10.9. The first kappa shape index (κ1) is 16.2. The molecule has 0 aliphatic heterocycles. The fraction of sp³-hybridized carbons (Fsp3) is 0.333. The number of carbonyl (C=O) groups excluding carboxylic acids is 2. The number of amides is 2. The Balaban J connectivity index is 2.34. The fourth-order valence-corrected chi connectivity index (χ4v) is 1.43. The first-order valence-electron chi connectivity index (χ1n) is 5.94. The molecule has 21 heavy (non-hydrogen) atoms. The van der Waals surface area contributed by atoms with Crippen LogP contribution >= 0.6 is 0 Å². The number of aliphatic carboxylic acids is 2. The maximum absolute atomic E-state index is 11.5. The minimum Gasteiger partial charge on any atom is -0.481 e. The molecule has 0 unspecified atom stereocenters. The van der Waals surface area contributed by atoms with E-state index in [-0.39, 0.29) is 13.0 Å². The number of furan rings is 1. The average molecular weight is 298 g/mol. The Morgan fingerprint density at radius 3 is 2.48 bits per heavy atom. The summed E-state index contributed by atoms with van der Waals surface area (Å²) in [5.41, 5.74) is 0.296. The van der Waals surface area contributed by atoms with Gasteiger partial charge in [0.2, 0.25) is 5.91 Å². The highest BCUT2D eigenvalue weighted by atomic mass is 16.4. The molecule has 1 aromatic heterocycles. The first-order chi connectivity index (χ1) is 9.90. The largest absolute Gasteiger partial charge is 0.481 e. The van der Waals surface area contributed by atoms with Gasteiger partial charge in [-0.25, -0.2) is 4.79 Å². The summed E-state index contributed by atoms with van der Waals surface area (Å²) in [5.74, 6) is -3.88. The molecule has 9 heteroatoms. The van der Waals surface area contributed by atoms with E-state index in [4.69, 9.17) is 14.6 Å². The number of hydrogen-bond donors (Lipinski definition) is 4. The highest BCUT2D eigenvalue weighted by molar-refractivity contribution is 5.94. The van der Waals surface area contributed by atoms with Crippen molar-refractivity contribution in [2.75, 3.05) is 6.54 Å². The van der Waals surface area contributed by atoms with Crippen molar-refractivity contribution in [2.45, 2.75) is 18.9 Å². The molecule has 0 radical (unpaired) electrons. The van der Waals surface area contributed by atoms with E-state index < -0.39 is 36.2 Å². The van der Waals surface area contributed by atoms with Gasteiger partial charge in [-0.05, 0) is 6.07 Å². The molecule has 0 spiro atoms. The topological polar surface area (TPSA) is 146 Å². The van der Waals surface area contributed by atoms with Crippen molar-refractivity contribution in [1.82, 2.24) is 10.6 Å². The standard InChI is InChI=1S/C12H14N2O7/c15-9(14-8(12(19)20)5-10(16)17)1-3-13-11(18)7-2-4-21-6-7/h2,4,6,8H,1,3,5H2,(H,13,18)(H,14,15)(H,16,17)(H,19,20)/t8-/m1/s1. The second-order valence-corrected chi connectivity index (χ2v) is 4.07. The van der Waals surface area contributed by atoms with Crippen LogP contribution in [0.1, 0.15) is 23.2 Å². The van der Waals surface area contributed by atoms with Gasteiger partial charge in [-0.15, -0.1) is 0 Å². The molecule has 2 amide bonds. The number of carbonyl (C=O) groups is 4. The van der Waals surface area contributed by atoms with E-state index in [1.807, 2.05) is 0 Å². The number of carboxylic acid groups (broad SMARTS) is 2. The van der Waals surface area contributed by atoms with Gasteiger partial charge in [0.05, 0.1) is 18.2 Å². The number of nitrogens with one attached hydrogen (secondary N) is 2. The highest BCUT2D eigenvalue weighted by Crippen LogP contribution is 1.99. The summed E-state index contributed by atoms with van der Waals surface area (Å²) in [7, 11) is 0. The molecule has 0 aliphatic rings. The van der Waals surface area contributed by atoms with E-state index in [0.29, 0.717) is 5.56 Å². The third kappa shape index (κ3) is 5.76. The summed E-state index contributed by atoms with van der Waals surface area (Å²) in [5, 5.41) is 21.8. The van der Waals surface area contributed by atoms with E-state index in [9.17, 15) is 19.2 Å². The normalized spacial score (nSPS) is 11.4. The number of rotatable bonds is 8. The quantitative estimate of drug-likeness (QED) is 0.503. The Labute approximate surface area is 118 Å². The second-order valence-electron chi connectivity index (χ2n) is 4.07. The molecule has 0 aliphatic carbocycles. The van der Waals surface area contributed by atoms with Crippen molar-refractivity contribution in [3.05, 3.63) is 24.2 Å². The lowest BCUT2D eigenvalue weighted by atomic mass is 10.2. The average Bonchev–Trinajstić information content (AvgIpc) is 2.91. The van der Waals surface area contributed by atoms with E-state index in [2.05, 4.69) is 10.6 Å². The van der Waals surface area contributed by atoms with Crippen LogP contribution in [0.15, 0.2) is 23.0 Å². The molecular weight excluding hydrogens is 284 g/mol. The van der Waals surface area contributed by atoms with Gasteiger partial charge in [-0.2, -0.15) is 0 Å². The van der Waals surface area contributed by atoms with Crippen molar-refractivity contribution < 1.29 is 33.8 Å². The summed E-state index contributed by atoms with van der Waals surface area (Å²) in [6.45, 7) is -0.0186. The molecule has 0 saturated carbocycles. The molecule has 1 atom stereocenters. The van der Waals surface area contributed by atoms with Crippen molar-refractivity contribution >= 4 is 23.8 Å². The monoisotopic (exact) mass is 298 g/mol. The Hall–Kier alpha value is -2.84. The van der Waals surface area contributed by atoms with Crippen LogP contribution in [0.2, 0.25) is 0 Å². The van der Waals surface area contributed by atoms with Gasteiger partial charge in [0, 0.05) is 13.0 Å². The molecule has 9 nitrogen and oxygen atoms in total. The van der Waals surface area contributed by atoms with Crippen molar-refractivity contribution in [2.24, 2.45) is 0 Å². The zero-order chi connectivity index (χ0) is 15.8. The van der Waals surface area contributed by atoms with E-state index in [1.165, 1.54) is 18.6 Å². The lowest BCUT2D eigenvalue weighted by Crippen LogP contribution is -2.43. The van der Waals surface area contributed by atoms with Crippen molar-refractivity contribution in [3.63, 3.8) is 0 Å². The van der Waals surface area contributed by atoms with Gasteiger partial charge in [0.25, 0.3) is 5.91 Å². The Kier molecular flexibility index (Phi) is 5.93. The molecule has 0 bridgehead atoms. The molecule has 1 heterocycles. The van der Waals surface area contributed by atoms with Crippen LogP contribution in [-0.4, -0.2) is 46.6 Å². The summed E-state index contributed by atoms with van der Waals surface area (Å²) in [4.78, 5) is 44.2. The van der Waals surface area contributed by atoms with Crippen LogP contribution in [0.3, 0.4) is 0 Å². The smallest absolute Gasteiger partial charge is 0.326 e. The Morgan fingerprint density at radius 2 is 1.95 bits per heavy atom. The Bertz CT molecular complexity index is 524. The lowest BCUT2D eigenvalue weighted by Gasteiger charge is -2.12. The van der Waals surface area contributed by atoms with Crippen molar-refractivity contribution in [1.29, 1.82) is 0 Å². The van der Waals surface area contributed by atoms with Crippen molar-refractivity contribution in [3.8, 4) is 0 Å². The molecule has 1 aromatic rings. The van der Waals surface area contributed by atoms with Gasteiger partial charge >= 0.3 is 11.9 Å². The number of carboxylic acids is 2. The molecule has 1 rings (SSSR count). The van der Waals surface area contributed by atoms with Crippen LogP contribution in [0.5, 0.6) is 0 Å². The zero-order valence-corrected chi connectivity index (χ0v) is 10.9. The first-order valence-corrected chi connectivity index (χ1v) is 5.94. The van der Waals surface area contributed by atoms with Crippen LogP contribution in [-0.2, 0) is 14.4 Å². The van der Waals surface area contributed by atoms with Gasteiger partial charge < -0.3 is 25.3 Å². The molecular formula is C12H14N2O7. The minimum absolute atomic E-state index is 0.0186. The van der Waals surface area contributed by atoms with Gasteiger partial charge in [0.1, 0.15) is 12.3 Å². The van der Waals surface area contributed by atoms with Crippen LogP contribution in [0.25, 0.3) is 0 Å². The second kappa shape index (κ2) is 7.68. The maximum Gasteiger partial charge on any atom is 0.326 e. The predicted octanol–water partition coefficient (Wildman–Crippen LogP) is -0.556. The summed E-state index contributed by atoms with van der Waals surface area (Å²) >= 11 is 0. The van der Waals surface area contributed by atoms with Crippen LogP contribution < -0.4 is 10.6 Å². The fourth-order valence-electron chi connectivity index (χ4n) is 1.43. The third-order valence-corrected chi connectivity index (χ3v) is 2.43. The molecule has 4 N–H and O–H groups in total. The van der Waals surface area contributed by atoms with Gasteiger partial charge in [-0.1, -0.05) is 0 Å². The summed E-state index contributed by atoms with van der Waals surface area (Å²) < 4.78 is 4.72. The lowest BCUT2D eigenvalue weighted by molar-refractivity contribution is -0.147. The van der Waals surface area contributed by atoms with Crippen LogP contribution in [0.4, 0.5) is 0 Å². The molecule has 0 fully saturated rings. The predicted molar refractivity (Wildman–Crippen MR) is 67.5 cm³/mol. The van der Waals surface area contributed by atoms with Gasteiger partial charge in [0.15, 0.2) is 0 Å². The molecule has 114 valence electrons. The maximum atomic E-state index is 11.5. The van der Waals surface area contributed by atoms with Crippen LogP contribution in [0, 0.1) is 0 Å². The third-order valence-electron chi connectivity index (χ3n) is 2.43. The Morgan fingerprint density at radius 1 is 1.24 bits per heavy atom. The van der Waals surface area contributed by atoms with E-state index in [0.717, 1.165) is 0 Å². The molecule has 0 saturated heterocycles. The minimum atomic E-state index is -1.50. The van der Waals surface area contributed by atoms with E-state index >= 15 is 0 Å².